The van der Waals surface area contributed by atoms with E-state index in [1.165, 1.54) is 5.56 Å². The van der Waals surface area contributed by atoms with Crippen molar-refractivity contribution in [1.29, 1.82) is 0 Å². The molecule has 2 aromatic carbocycles. The molecule has 0 bridgehead atoms. The van der Waals surface area contributed by atoms with Crippen molar-refractivity contribution in [3.8, 4) is 5.75 Å². The first-order valence-corrected chi connectivity index (χ1v) is 8.57. The summed E-state index contributed by atoms with van der Waals surface area (Å²) in [4.78, 5) is 12.5. The standard InChI is InChI=1S/C21H27NO3/c1-15(25-19-12-8-9-17(13-19)14-23)20(24)22-16(2)21(3,4)18-10-6-5-7-11-18/h5-13,15-16,23H,14H2,1-4H3,(H,22,24). The maximum absolute atomic E-state index is 12.5. The van der Waals surface area contributed by atoms with Gasteiger partial charge in [0.2, 0.25) is 0 Å². The largest absolute Gasteiger partial charge is 0.481 e. The van der Waals surface area contributed by atoms with Crippen molar-refractivity contribution in [1.82, 2.24) is 5.32 Å². The molecule has 0 heterocycles. The van der Waals surface area contributed by atoms with Crippen LogP contribution in [0.1, 0.15) is 38.8 Å². The van der Waals surface area contributed by atoms with Gasteiger partial charge in [0.15, 0.2) is 6.10 Å². The van der Waals surface area contributed by atoms with Crippen LogP contribution in [0.15, 0.2) is 54.6 Å². The molecule has 2 rings (SSSR count). The topological polar surface area (TPSA) is 58.6 Å². The second kappa shape index (κ2) is 8.17. The SMILES string of the molecule is CC(Oc1cccc(CO)c1)C(=O)NC(C)C(C)(C)c1ccccc1. The summed E-state index contributed by atoms with van der Waals surface area (Å²) in [5, 5.41) is 12.2. The monoisotopic (exact) mass is 341 g/mol. The molecule has 0 aromatic heterocycles. The van der Waals surface area contributed by atoms with Gasteiger partial charge in [0.1, 0.15) is 5.75 Å². The zero-order chi connectivity index (χ0) is 18.4. The molecule has 0 aliphatic heterocycles. The van der Waals surface area contributed by atoms with Crippen LogP contribution in [0.3, 0.4) is 0 Å². The lowest BCUT2D eigenvalue weighted by atomic mass is 9.78. The van der Waals surface area contributed by atoms with Crippen LogP contribution in [0.5, 0.6) is 5.75 Å². The molecule has 2 atom stereocenters. The number of hydrogen-bond donors (Lipinski definition) is 2. The summed E-state index contributed by atoms with van der Waals surface area (Å²) in [5.74, 6) is 0.412. The molecule has 0 saturated heterocycles. The Balaban J connectivity index is 2.00. The summed E-state index contributed by atoms with van der Waals surface area (Å²) in [7, 11) is 0. The van der Waals surface area contributed by atoms with Crippen LogP contribution in [0.4, 0.5) is 0 Å². The van der Waals surface area contributed by atoms with Gasteiger partial charge >= 0.3 is 0 Å². The summed E-state index contributed by atoms with van der Waals surface area (Å²) in [6, 6.07) is 17.2. The predicted octanol–water partition coefficient (Wildman–Crippen LogP) is 3.43. The van der Waals surface area contributed by atoms with Crippen molar-refractivity contribution in [3.05, 3.63) is 65.7 Å². The first kappa shape index (κ1) is 19.0. The lowest BCUT2D eigenvalue weighted by molar-refractivity contribution is -0.128. The number of carbonyl (C=O) groups excluding carboxylic acids is 1. The molecule has 1 amide bonds. The average Bonchev–Trinajstić information content (AvgIpc) is 2.62. The quantitative estimate of drug-likeness (QED) is 0.811. The van der Waals surface area contributed by atoms with E-state index in [2.05, 4.69) is 31.3 Å². The minimum Gasteiger partial charge on any atom is -0.481 e. The Labute approximate surface area is 149 Å². The molecule has 4 heteroatoms. The molecule has 0 spiro atoms. The summed E-state index contributed by atoms with van der Waals surface area (Å²) in [6.45, 7) is 7.90. The molecule has 25 heavy (non-hydrogen) atoms. The van der Waals surface area contributed by atoms with Gasteiger partial charge in [-0.05, 0) is 37.1 Å². The highest BCUT2D eigenvalue weighted by atomic mass is 16.5. The number of rotatable bonds is 7. The highest BCUT2D eigenvalue weighted by Crippen LogP contribution is 2.27. The predicted molar refractivity (Wildman–Crippen MR) is 99.5 cm³/mol. The molecule has 4 nitrogen and oxygen atoms in total. The van der Waals surface area contributed by atoms with Crippen molar-refractivity contribution < 1.29 is 14.6 Å². The molecule has 0 saturated carbocycles. The van der Waals surface area contributed by atoms with Crippen LogP contribution in [0.2, 0.25) is 0 Å². The zero-order valence-corrected chi connectivity index (χ0v) is 15.3. The minimum absolute atomic E-state index is 0.0555. The fourth-order valence-corrected chi connectivity index (χ4v) is 2.60. The molecular weight excluding hydrogens is 314 g/mol. The fourth-order valence-electron chi connectivity index (χ4n) is 2.60. The van der Waals surface area contributed by atoms with Crippen LogP contribution in [0, 0.1) is 0 Å². The summed E-state index contributed by atoms with van der Waals surface area (Å²) < 4.78 is 5.71. The van der Waals surface area contributed by atoms with Crippen molar-refractivity contribution in [2.24, 2.45) is 0 Å². The fraction of sp³-hybridized carbons (Fsp3) is 0.381. The van der Waals surface area contributed by atoms with Crippen molar-refractivity contribution in [3.63, 3.8) is 0 Å². The van der Waals surface area contributed by atoms with E-state index in [1.807, 2.05) is 31.2 Å². The van der Waals surface area contributed by atoms with E-state index in [0.717, 1.165) is 5.56 Å². The number of carbonyl (C=O) groups is 1. The van der Waals surface area contributed by atoms with E-state index in [0.29, 0.717) is 5.75 Å². The molecule has 2 aromatic rings. The van der Waals surface area contributed by atoms with Crippen LogP contribution in [-0.4, -0.2) is 23.2 Å². The third-order valence-electron chi connectivity index (χ3n) is 4.72. The number of benzene rings is 2. The summed E-state index contributed by atoms with van der Waals surface area (Å²) in [6.07, 6.45) is -0.622. The van der Waals surface area contributed by atoms with E-state index < -0.39 is 6.10 Å². The Morgan fingerprint density at radius 3 is 2.44 bits per heavy atom. The average molecular weight is 341 g/mol. The molecule has 0 aliphatic rings. The van der Waals surface area contributed by atoms with E-state index in [-0.39, 0.29) is 24.0 Å². The second-order valence-electron chi connectivity index (χ2n) is 6.88. The smallest absolute Gasteiger partial charge is 0.261 e. The number of nitrogens with one attached hydrogen (secondary N) is 1. The molecule has 0 aliphatic carbocycles. The molecule has 2 N–H and O–H groups in total. The maximum Gasteiger partial charge on any atom is 0.261 e. The Morgan fingerprint density at radius 2 is 1.80 bits per heavy atom. The van der Waals surface area contributed by atoms with E-state index in [1.54, 1.807) is 25.1 Å². The third kappa shape index (κ3) is 4.83. The molecule has 0 radical (unpaired) electrons. The number of hydrogen-bond acceptors (Lipinski definition) is 3. The van der Waals surface area contributed by atoms with Gasteiger partial charge in [-0.1, -0.05) is 56.3 Å². The van der Waals surface area contributed by atoms with Crippen molar-refractivity contribution in [2.45, 2.75) is 51.9 Å². The summed E-state index contributed by atoms with van der Waals surface area (Å²) >= 11 is 0. The number of ether oxygens (including phenoxy) is 1. The minimum atomic E-state index is -0.622. The highest BCUT2D eigenvalue weighted by molar-refractivity contribution is 5.81. The van der Waals surface area contributed by atoms with Gasteiger partial charge in [-0.15, -0.1) is 0 Å². The lowest BCUT2D eigenvalue weighted by Crippen LogP contribution is -2.49. The number of aliphatic hydroxyl groups excluding tert-OH is 1. The van der Waals surface area contributed by atoms with Crippen LogP contribution in [-0.2, 0) is 16.8 Å². The molecule has 0 fully saturated rings. The normalized spacial score (nSPS) is 13.8. The van der Waals surface area contributed by atoms with Crippen LogP contribution in [0.25, 0.3) is 0 Å². The van der Waals surface area contributed by atoms with Crippen LogP contribution < -0.4 is 10.1 Å². The summed E-state index contributed by atoms with van der Waals surface area (Å²) in [5.41, 5.74) is 1.73. The van der Waals surface area contributed by atoms with Gasteiger partial charge in [0, 0.05) is 11.5 Å². The molecular formula is C21H27NO3. The van der Waals surface area contributed by atoms with Gasteiger partial charge in [-0.3, -0.25) is 4.79 Å². The first-order chi connectivity index (χ1) is 11.8. The molecule has 2 unspecified atom stereocenters. The third-order valence-corrected chi connectivity index (χ3v) is 4.72. The second-order valence-corrected chi connectivity index (χ2v) is 6.88. The Kier molecular flexibility index (Phi) is 6.21. The van der Waals surface area contributed by atoms with Crippen molar-refractivity contribution >= 4 is 5.91 Å². The number of amides is 1. The lowest BCUT2D eigenvalue weighted by Gasteiger charge is -2.33. The van der Waals surface area contributed by atoms with Gasteiger partial charge in [0.25, 0.3) is 5.91 Å². The van der Waals surface area contributed by atoms with Crippen molar-refractivity contribution in [2.75, 3.05) is 0 Å². The Morgan fingerprint density at radius 1 is 1.12 bits per heavy atom. The van der Waals surface area contributed by atoms with Crippen LogP contribution >= 0.6 is 0 Å². The maximum atomic E-state index is 12.5. The molecule has 134 valence electrons. The zero-order valence-electron chi connectivity index (χ0n) is 15.3. The van der Waals surface area contributed by atoms with E-state index >= 15 is 0 Å². The van der Waals surface area contributed by atoms with E-state index in [4.69, 9.17) is 4.74 Å². The van der Waals surface area contributed by atoms with Gasteiger partial charge in [0.05, 0.1) is 6.61 Å². The highest BCUT2D eigenvalue weighted by Gasteiger charge is 2.30. The van der Waals surface area contributed by atoms with E-state index in [9.17, 15) is 9.90 Å². The number of aliphatic hydroxyl groups is 1. The van der Waals surface area contributed by atoms with Gasteiger partial charge in [-0.25, -0.2) is 0 Å². The van der Waals surface area contributed by atoms with Gasteiger partial charge < -0.3 is 15.2 Å². The van der Waals surface area contributed by atoms with Gasteiger partial charge in [-0.2, -0.15) is 0 Å². The first-order valence-electron chi connectivity index (χ1n) is 8.57. The Hall–Kier alpha value is -2.33. The Bertz CT molecular complexity index is 697.